The molecule has 0 saturated heterocycles. The van der Waals surface area contributed by atoms with Crippen molar-refractivity contribution in [2.24, 2.45) is 5.92 Å². The van der Waals surface area contributed by atoms with Gasteiger partial charge in [-0.05, 0) is 80.3 Å². The molecule has 1 aliphatic carbocycles. The van der Waals surface area contributed by atoms with E-state index in [0.717, 1.165) is 80.0 Å². The number of carbonyl (C=O) groups excluding carboxylic acids is 1. The van der Waals surface area contributed by atoms with Crippen molar-refractivity contribution in [2.45, 2.75) is 103 Å². The largest absolute Gasteiger partial charge is 0.490 e. The molecule has 0 radical (unpaired) electrons. The molecule has 1 atom stereocenters. The summed E-state index contributed by atoms with van der Waals surface area (Å²) in [7, 11) is 0. The summed E-state index contributed by atoms with van der Waals surface area (Å²) in [5.41, 5.74) is 2.16. The third-order valence-electron chi connectivity index (χ3n) is 7.63. The topological polar surface area (TPSA) is 57.0 Å². The number of rotatable bonds is 13. The van der Waals surface area contributed by atoms with Crippen LogP contribution in [0.25, 0.3) is 5.69 Å². The first-order valence-electron chi connectivity index (χ1n) is 14.4. The van der Waals surface area contributed by atoms with Gasteiger partial charge >= 0.3 is 0 Å². The van der Waals surface area contributed by atoms with E-state index in [-0.39, 0.29) is 6.10 Å². The molecule has 0 amide bonds. The zero-order chi connectivity index (χ0) is 26.9. The van der Waals surface area contributed by atoms with Crippen molar-refractivity contribution in [1.82, 2.24) is 14.8 Å². The second-order valence-corrected chi connectivity index (χ2v) is 11.3. The van der Waals surface area contributed by atoms with E-state index in [9.17, 15) is 4.79 Å². The van der Waals surface area contributed by atoms with Crippen LogP contribution in [0.3, 0.4) is 0 Å². The Morgan fingerprint density at radius 1 is 1.03 bits per heavy atom. The van der Waals surface area contributed by atoms with Crippen LogP contribution in [0.1, 0.15) is 102 Å². The quantitative estimate of drug-likeness (QED) is 0.221. The van der Waals surface area contributed by atoms with Crippen LogP contribution in [0, 0.1) is 5.92 Å². The maximum Gasteiger partial charge on any atom is 0.140 e. The summed E-state index contributed by atoms with van der Waals surface area (Å²) in [5, 5.41) is 10.1. The van der Waals surface area contributed by atoms with Crippen LogP contribution in [0.15, 0.2) is 48.5 Å². The standard InChI is InChI=1S/C32H42ClN3O2/c1-4-9-23(3)21-27(37)17-13-25-22-26(33)16-20-30(25)36-31(10-5-2)34-35-32(36)24-14-18-29(19-15-24)38-28-11-7-6-8-12-28/h6-8,11-12,16,20,22-24,29H,4-5,9-10,13-15,17-19,21H2,1-3H3. The second kappa shape index (κ2) is 13.9. The van der Waals surface area contributed by atoms with Crippen LogP contribution in [0.4, 0.5) is 0 Å². The van der Waals surface area contributed by atoms with Crippen molar-refractivity contribution < 1.29 is 9.53 Å². The molecule has 6 heteroatoms. The second-order valence-electron chi connectivity index (χ2n) is 10.9. The van der Waals surface area contributed by atoms with Gasteiger partial charge < -0.3 is 4.74 Å². The number of para-hydroxylation sites is 1. The zero-order valence-electron chi connectivity index (χ0n) is 23.2. The molecule has 204 valence electrons. The van der Waals surface area contributed by atoms with Crippen molar-refractivity contribution in [3.8, 4) is 11.4 Å². The van der Waals surface area contributed by atoms with Gasteiger partial charge in [0.25, 0.3) is 0 Å². The third-order valence-corrected chi connectivity index (χ3v) is 7.86. The molecule has 5 nitrogen and oxygen atoms in total. The number of carbonyl (C=O) groups is 1. The number of benzene rings is 2. The predicted molar refractivity (Wildman–Crippen MR) is 154 cm³/mol. The number of ether oxygens (including phenoxy) is 1. The van der Waals surface area contributed by atoms with Gasteiger partial charge in [0, 0.05) is 30.2 Å². The van der Waals surface area contributed by atoms with Crippen LogP contribution in [0.2, 0.25) is 5.02 Å². The summed E-state index contributed by atoms with van der Waals surface area (Å²) in [4.78, 5) is 12.8. The van der Waals surface area contributed by atoms with E-state index in [1.54, 1.807) is 0 Å². The van der Waals surface area contributed by atoms with Gasteiger partial charge in [-0.15, -0.1) is 10.2 Å². The van der Waals surface area contributed by atoms with Crippen molar-refractivity contribution in [3.63, 3.8) is 0 Å². The van der Waals surface area contributed by atoms with E-state index in [4.69, 9.17) is 21.4 Å². The summed E-state index contributed by atoms with van der Waals surface area (Å²) in [6, 6.07) is 16.1. The normalized spacial score (nSPS) is 18.3. The zero-order valence-corrected chi connectivity index (χ0v) is 23.9. The molecule has 1 aliphatic rings. The van der Waals surface area contributed by atoms with Crippen molar-refractivity contribution in [1.29, 1.82) is 0 Å². The molecule has 3 aromatic rings. The predicted octanol–water partition coefficient (Wildman–Crippen LogP) is 8.31. The van der Waals surface area contributed by atoms with Crippen molar-refractivity contribution in [2.75, 3.05) is 0 Å². The van der Waals surface area contributed by atoms with Gasteiger partial charge in [0.2, 0.25) is 0 Å². The van der Waals surface area contributed by atoms with Gasteiger partial charge in [-0.3, -0.25) is 9.36 Å². The van der Waals surface area contributed by atoms with Gasteiger partial charge in [-0.2, -0.15) is 0 Å². The Morgan fingerprint density at radius 2 is 1.79 bits per heavy atom. The molecule has 1 heterocycles. The summed E-state index contributed by atoms with van der Waals surface area (Å²) < 4.78 is 8.50. The number of aromatic nitrogens is 3. The SMILES string of the molecule is CCCc1nnc(C2CCC(Oc3ccccc3)CC2)n1-c1ccc(Cl)cc1CCC(=O)CC(C)CCC. The Hall–Kier alpha value is -2.66. The van der Waals surface area contributed by atoms with Crippen molar-refractivity contribution >= 4 is 17.4 Å². The highest BCUT2D eigenvalue weighted by Gasteiger charge is 2.29. The molecule has 1 saturated carbocycles. The minimum absolute atomic E-state index is 0.229. The number of hydrogen-bond donors (Lipinski definition) is 0. The van der Waals surface area contributed by atoms with E-state index < -0.39 is 0 Å². The van der Waals surface area contributed by atoms with E-state index >= 15 is 0 Å². The lowest BCUT2D eigenvalue weighted by molar-refractivity contribution is -0.119. The Labute approximate surface area is 233 Å². The fourth-order valence-electron chi connectivity index (χ4n) is 5.71. The fourth-order valence-corrected chi connectivity index (χ4v) is 5.90. The first kappa shape index (κ1) is 28.4. The van der Waals surface area contributed by atoms with E-state index in [2.05, 4.69) is 36.5 Å². The molecule has 0 aliphatic heterocycles. The fraction of sp³-hybridized carbons (Fsp3) is 0.531. The highest BCUT2D eigenvalue weighted by atomic mass is 35.5. The first-order valence-corrected chi connectivity index (χ1v) is 14.8. The molecule has 0 bridgehead atoms. The monoisotopic (exact) mass is 535 g/mol. The number of nitrogens with zero attached hydrogens (tertiary/aromatic N) is 3. The maximum absolute atomic E-state index is 12.8. The molecule has 1 fully saturated rings. The molecular weight excluding hydrogens is 494 g/mol. The summed E-state index contributed by atoms with van der Waals surface area (Å²) >= 11 is 6.45. The number of ketones is 1. The molecule has 1 unspecified atom stereocenters. The van der Waals surface area contributed by atoms with Crippen LogP contribution < -0.4 is 4.74 Å². The highest BCUT2D eigenvalue weighted by Crippen LogP contribution is 2.36. The number of hydrogen-bond acceptors (Lipinski definition) is 4. The Morgan fingerprint density at radius 3 is 2.50 bits per heavy atom. The molecular formula is C32H42ClN3O2. The molecule has 4 rings (SSSR count). The lowest BCUT2D eigenvalue weighted by Crippen LogP contribution is -2.25. The molecule has 0 N–H and O–H groups in total. The molecule has 0 spiro atoms. The lowest BCUT2D eigenvalue weighted by Gasteiger charge is -2.29. The summed E-state index contributed by atoms with van der Waals surface area (Å²) in [6.45, 7) is 6.52. The first-order chi connectivity index (χ1) is 18.5. The van der Waals surface area contributed by atoms with E-state index in [1.165, 1.54) is 0 Å². The summed E-state index contributed by atoms with van der Waals surface area (Å²) in [6.07, 6.45) is 10.2. The molecule has 1 aromatic heterocycles. The highest BCUT2D eigenvalue weighted by molar-refractivity contribution is 6.30. The minimum atomic E-state index is 0.229. The van der Waals surface area contributed by atoms with Gasteiger partial charge in [-0.1, -0.05) is 63.4 Å². The third kappa shape index (κ3) is 7.47. The Balaban J connectivity index is 1.53. The van der Waals surface area contributed by atoms with E-state index in [1.807, 2.05) is 42.5 Å². The Bertz CT molecular complexity index is 1170. The number of aryl methyl sites for hydroxylation is 2. The van der Waals surface area contributed by atoms with Gasteiger partial charge in [0.15, 0.2) is 0 Å². The van der Waals surface area contributed by atoms with Gasteiger partial charge in [0.1, 0.15) is 23.2 Å². The number of Topliss-reactive ketones (excluding diaryl/α,β-unsaturated/α-hetero) is 1. The van der Waals surface area contributed by atoms with Crippen molar-refractivity contribution in [3.05, 3.63) is 70.8 Å². The lowest BCUT2D eigenvalue weighted by atomic mass is 9.86. The van der Waals surface area contributed by atoms with Crippen LogP contribution >= 0.6 is 11.6 Å². The van der Waals surface area contributed by atoms with Crippen LogP contribution in [-0.4, -0.2) is 26.7 Å². The minimum Gasteiger partial charge on any atom is -0.490 e. The average molecular weight is 536 g/mol. The van der Waals surface area contributed by atoms with Gasteiger partial charge in [0.05, 0.1) is 11.8 Å². The Kier molecular flexibility index (Phi) is 10.4. The van der Waals surface area contributed by atoms with Gasteiger partial charge in [-0.25, -0.2) is 0 Å². The average Bonchev–Trinajstić information content (AvgIpc) is 3.32. The molecule has 2 aromatic carbocycles. The number of halogens is 1. The van der Waals surface area contributed by atoms with E-state index in [0.29, 0.717) is 41.9 Å². The summed E-state index contributed by atoms with van der Waals surface area (Å²) in [5.74, 6) is 4.03. The van der Waals surface area contributed by atoms with Crippen LogP contribution in [-0.2, 0) is 17.6 Å². The smallest absolute Gasteiger partial charge is 0.140 e. The van der Waals surface area contributed by atoms with Crippen LogP contribution in [0.5, 0.6) is 5.75 Å². The molecule has 38 heavy (non-hydrogen) atoms. The maximum atomic E-state index is 12.8.